The fourth-order valence-electron chi connectivity index (χ4n) is 4.01. The normalized spacial score (nSPS) is 10.6. The van der Waals surface area contributed by atoms with Crippen LogP contribution in [0.15, 0.2) is 48.5 Å². The van der Waals surface area contributed by atoms with Crippen LogP contribution >= 0.6 is 0 Å². The van der Waals surface area contributed by atoms with E-state index in [2.05, 4.69) is 10.6 Å². The van der Waals surface area contributed by atoms with Crippen molar-refractivity contribution in [3.8, 4) is 0 Å². The van der Waals surface area contributed by atoms with Crippen LogP contribution in [-0.2, 0) is 32.0 Å². The van der Waals surface area contributed by atoms with Gasteiger partial charge in [0.05, 0.1) is 0 Å². The third-order valence-electron chi connectivity index (χ3n) is 6.54. The fourth-order valence-corrected chi connectivity index (χ4v) is 4.01. The monoisotopic (exact) mass is 536 g/mol. The van der Waals surface area contributed by atoms with Gasteiger partial charge in [0.2, 0.25) is 23.6 Å². The molecule has 212 valence electrons. The van der Waals surface area contributed by atoms with Gasteiger partial charge in [0, 0.05) is 65.2 Å². The first kappa shape index (κ1) is 31.5. The molecular formula is C31H44N4O4. The number of benzene rings is 2. The summed E-state index contributed by atoms with van der Waals surface area (Å²) in [4.78, 5) is 51.0. The molecule has 0 saturated heterocycles. The molecule has 0 fully saturated rings. The largest absolute Gasteiger partial charge is 0.349 e. The summed E-state index contributed by atoms with van der Waals surface area (Å²) < 4.78 is 0. The second kappa shape index (κ2) is 17.0. The Morgan fingerprint density at radius 3 is 1.18 bits per heavy atom. The van der Waals surface area contributed by atoms with Gasteiger partial charge in [0.25, 0.3) is 0 Å². The quantitative estimate of drug-likeness (QED) is 0.294. The van der Waals surface area contributed by atoms with E-state index in [4.69, 9.17) is 0 Å². The molecule has 0 atom stereocenters. The average Bonchev–Trinajstić information content (AvgIpc) is 2.91. The molecule has 4 amide bonds. The summed E-state index contributed by atoms with van der Waals surface area (Å²) in [7, 11) is 7.01. The molecule has 8 heteroatoms. The molecule has 2 rings (SSSR count). The van der Waals surface area contributed by atoms with Gasteiger partial charge in [0.15, 0.2) is 0 Å². The van der Waals surface area contributed by atoms with E-state index in [1.807, 2.05) is 48.5 Å². The molecule has 2 N–H and O–H groups in total. The Balaban J connectivity index is 1.53. The SMILES string of the molecule is CN(C)C(=O)CCc1ccc(NC(=O)CCCCCCCC(=O)Nc2ccc(CCC(=O)N(C)C)cc2)cc1. The molecule has 0 saturated carbocycles. The highest BCUT2D eigenvalue weighted by atomic mass is 16.2. The molecule has 0 bridgehead atoms. The second-order valence-corrected chi connectivity index (χ2v) is 10.3. The maximum Gasteiger partial charge on any atom is 0.224 e. The minimum atomic E-state index is 0.000214. The number of carbonyl (C=O) groups is 4. The highest BCUT2D eigenvalue weighted by Gasteiger charge is 2.07. The number of carbonyl (C=O) groups excluding carboxylic acids is 4. The lowest BCUT2D eigenvalue weighted by molar-refractivity contribution is -0.129. The number of amides is 4. The summed E-state index contributed by atoms with van der Waals surface area (Å²) in [6.45, 7) is 0. The van der Waals surface area contributed by atoms with Crippen molar-refractivity contribution in [2.24, 2.45) is 0 Å². The lowest BCUT2D eigenvalue weighted by atomic mass is 10.1. The number of nitrogens with one attached hydrogen (secondary N) is 2. The van der Waals surface area contributed by atoms with Gasteiger partial charge in [-0.1, -0.05) is 43.5 Å². The van der Waals surface area contributed by atoms with E-state index in [1.165, 1.54) is 0 Å². The zero-order valence-corrected chi connectivity index (χ0v) is 23.9. The van der Waals surface area contributed by atoms with E-state index in [9.17, 15) is 19.2 Å². The molecule has 0 aliphatic rings. The summed E-state index contributed by atoms with van der Waals surface area (Å²) in [6, 6.07) is 15.3. The zero-order chi connectivity index (χ0) is 28.6. The summed E-state index contributed by atoms with van der Waals surface area (Å²) in [5.74, 6) is 0.203. The highest BCUT2D eigenvalue weighted by Crippen LogP contribution is 2.15. The van der Waals surface area contributed by atoms with Crippen molar-refractivity contribution in [1.82, 2.24) is 9.80 Å². The highest BCUT2D eigenvalue weighted by molar-refractivity contribution is 5.91. The third kappa shape index (κ3) is 13.1. The molecule has 2 aromatic rings. The van der Waals surface area contributed by atoms with Crippen LogP contribution in [0.4, 0.5) is 11.4 Å². The first-order chi connectivity index (χ1) is 18.6. The van der Waals surface area contributed by atoms with Crippen molar-refractivity contribution < 1.29 is 19.2 Å². The number of rotatable bonds is 16. The molecule has 0 aliphatic carbocycles. The number of hydrogen-bond acceptors (Lipinski definition) is 4. The molecule has 0 unspecified atom stereocenters. The van der Waals surface area contributed by atoms with Crippen LogP contribution in [0.5, 0.6) is 0 Å². The Bertz CT molecular complexity index is 978. The van der Waals surface area contributed by atoms with Crippen LogP contribution in [0.1, 0.15) is 68.9 Å². The standard InChI is InChI=1S/C31H44N4O4/c1-34(2)30(38)22-16-24-12-18-26(19-13-24)32-28(36)10-8-6-5-7-9-11-29(37)33-27-20-14-25(15-21-27)17-23-31(39)35(3)4/h12-15,18-21H,5-11,16-17,22-23H2,1-4H3,(H,32,36)(H,33,37). The van der Waals surface area contributed by atoms with E-state index in [0.717, 1.165) is 54.6 Å². The Kier molecular flexibility index (Phi) is 13.8. The van der Waals surface area contributed by atoms with Crippen molar-refractivity contribution in [2.45, 2.75) is 70.6 Å². The van der Waals surface area contributed by atoms with Crippen LogP contribution in [0.25, 0.3) is 0 Å². The third-order valence-corrected chi connectivity index (χ3v) is 6.54. The van der Waals surface area contributed by atoms with Gasteiger partial charge in [-0.3, -0.25) is 19.2 Å². The topological polar surface area (TPSA) is 98.8 Å². The van der Waals surface area contributed by atoms with E-state index in [-0.39, 0.29) is 23.6 Å². The number of hydrogen-bond donors (Lipinski definition) is 2. The van der Waals surface area contributed by atoms with Crippen molar-refractivity contribution in [1.29, 1.82) is 0 Å². The lowest BCUT2D eigenvalue weighted by Crippen LogP contribution is -2.21. The van der Waals surface area contributed by atoms with Gasteiger partial charge in [-0.05, 0) is 61.1 Å². The molecule has 0 radical (unpaired) electrons. The number of anilines is 2. The number of nitrogens with zero attached hydrogens (tertiary/aromatic N) is 2. The molecule has 0 aromatic heterocycles. The number of aryl methyl sites for hydroxylation is 2. The van der Waals surface area contributed by atoms with Crippen LogP contribution in [-0.4, -0.2) is 61.6 Å². The Labute approximate surface area is 233 Å². The average molecular weight is 537 g/mol. The maximum absolute atomic E-state index is 12.2. The summed E-state index contributed by atoms with van der Waals surface area (Å²) >= 11 is 0. The van der Waals surface area contributed by atoms with Gasteiger partial charge in [-0.15, -0.1) is 0 Å². The summed E-state index contributed by atoms with van der Waals surface area (Å²) in [5.41, 5.74) is 3.67. The van der Waals surface area contributed by atoms with Crippen molar-refractivity contribution >= 4 is 35.0 Å². The molecule has 0 heterocycles. The number of unbranched alkanes of at least 4 members (excludes halogenated alkanes) is 4. The van der Waals surface area contributed by atoms with E-state index >= 15 is 0 Å². The van der Waals surface area contributed by atoms with E-state index in [0.29, 0.717) is 38.5 Å². The maximum atomic E-state index is 12.2. The van der Waals surface area contributed by atoms with Gasteiger partial charge in [0.1, 0.15) is 0 Å². The van der Waals surface area contributed by atoms with Crippen molar-refractivity contribution in [2.75, 3.05) is 38.8 Å². The summed E-state index contributed by atoms with van der Waals surface area (Å²) in [5, 5.41) is 5.86. The minimum absolute atomic E-state index is 0.000214. The molecule has 2 aromatic carbocycles. The molecule has 0 aliphatic heterocycles. The van der Waals surface area contributed by atoms with Gasteiger partial charge in [-0.25, -0.2) is 0 Å². The molecule has 39 heavy (non-hydrogen) atoms. The summed E-state index contributed by atoms with van der Waals surface area (Å²) in [6.07, 6.45) is 7.77. The fraction of sp³-hybridized carbons (Fsp3) is 0.484. The minimum Gasteiger partial charge on any atom is -0.349 e. The van der Waals surface area contributed by atoms with Crippen LogP contribution in [0, 0.1) is 0 Å². The first-order valence-corrected chi connectivity index (χ1v) is 13.8. The predicted octanol–water partition coefficient (Wildman–Crippen LogP) is 5.04. The van der Waals surface area contributed by atoms with E-state index < -0.39 is 0 Å². The van der Waals surface area contributed by atoms with Crippen LogP contribution in [0.3, 0.4) is 0 Å². The van der Waals surface area contributed by atoms with Crippen molar-refractivity contribution in [3.05, 3.63) is 59.7 Å². The van der Waals surface area contributed by atoms with Gasteiger partial charge in [-0.2, -0.15) is 0 Å². The zero-order valence-electron chi connectivity index (χ0n) is 23.9. The van der Waals surface area contributed by atoms with E-state index in [1.54, 1.807) is 38.0 Å². The first-order valence-electron chi connectivity index (χ1n) is 13.8. The predicted molar refractivity (Wildman–Crippen MR) is 156 cm³/mol. The van der Waals surface area contributed by atoms with Gasteiger partial charge >= 0.3 is 0 Å². The molecular weight excluding hydrogens is 492 g/mol. The Hall–Kier alpha value is -3.68. The van der Waals surface area contributed by atoms with Crippen LogP contribution in [0.2, 0.25) is 0 Å². The smallest absolute Gasteiger partial charge is 0.224 e. The molecule has 0 spiro atoms. The second-order valence-electron chi connectivity index (χ2n) is 10.3. The molecule has 8 nitrogen and oxygen atoms in total. The Morgan fingerprint density at radius 2 is 0.846 bits per heavy atom. The Morgan fingerprint density at radius 1 is 0.513 bits per heavy atom. The van der Waals surface area contributed by atoms with Crippen LogP contribution < -0.4 is 10.6 Å². The van der Waals surface area contributed by atoms with Crippen molar-refractivity contribution in [3.63, 3.8) is 0 Å². The van der Waals surface area contributed by atoms with Gasteiger partial charge < -0.3 is 20.4 Å². The lowest BCUT2D eigenvalue weighted by Gasteiger charge is -2.10.